The van der Waals surface area contributed by atoms with E-state index in [9.17, 15) is 53.9 Å². The van der Waals surface area contributed by atoms with Gasteiger partial charge in [-0.3, -0.25) is 29.3 Å². The van der Waals surface area contributed by atoms with Gasteiger partial charge in [0.05, 0.1) is 46.4 Å². The van der Waals surface area contributed by atoms with Gasteiger partial charge in [0, 0.05) is 35.7 Å². The van der Waals surface area contributed by atoms with Gasteiger partial charge in [-0.25, -0.2) is 13.2 Å². The molecule has 0 spiro atoms. The third-order valence-electron chi connectivity index (χ3n) is 11.0. The van der Waals surface area contributed by atoms with Crippen LogP contribution in [0.2, 0.25) is 0 Å². The highest BCUT2D eigenvalue weighted by atomic mass is 19.4. The molecule has 0 fully saturated rings. The molecule has 3 N–H and O–H groups in total. The Morgan fingerprint density at radius 2 is 0.787 bits per heavy atom. The topological polar surface area (TPSA) is 126 Å². The number of rotatable bonds is 9. The second-order valence-corrected chi connectivity index (χ2v) is 16.1. The highest BCUT2D eigenvalue weighted by molar-refractivity contribution is 6.05. The van der Waals surface area contributed by atoms with E-state index in [2.05, 4.69) is 50.0 Å². The number of hydrogen-bond donors (Lipinski definition) is 3. The van der Waals surface area contributed by atoms with Crippen molar-refractivity contribution in [1.29, 1.82) is 0 Å². The van der Waals surface area contributed by atoms with Crippen LogP contribution in [0.1, 0.15) is 47.8 Å². The zero-order valence-corrected chi connectivity index (χ0v) is 39.0. The lowest BCUT2D eigenvalue weighted by Gasteiger charge is -2.13. The lowest BCUT2D eigenvalue weighted by Crippen LogP contribution is -2.13. The summed E-state index contributed by atoms with van der Waals surface area (Å²) >= 11 is 0. The molecule has 378 valence electrons. The molecule has 0 radical (unpaired) electrons. The average Bonchev–Trinajstić information content (AvgIpc) is 3.40. The first kappa shape index (κ1) is 53.4. The number of nitrogens with zero attached hydrogens (tertiary/aromatic N) is 3. The third-order valence-corrected chi connectivity index (χ3v) is 11.0. The van der Waals surface area contributed by atoms with Gasteiger partial charge in [-0.05, 0) is 119 Å². The van der Waals surface area contributed by atoms with Gasteiger partial charge >= 0.3 is 12.4 Å². The maximum atomic E-state index is 13.6. The Kier molecular flexibility index (Phi) is 17.0. The molecule has 3 amide bonds. The van der Waals surface area contributed by atoms with Crippen LogP contribution in [0.5, 0.6) is 0 Å². The highest BCUT2D eigenvalue weighted by Crippen LogP contribution is 2.37. The number of anilines is 3. The molecule has 75 heavy (non-hydrogen) atoms. The zero-order valence-electron chi connectivity index (χ0n) is 39.0. The number of pyridine rings is 3. The lowest BCUT2D eigenvalue weighted by atomic mass is 9.99. The first-order chi connectivity index (χ1) is 35.8. The minimum atomic E-state index is -4.47. The molecule has 0 bridgehead atoms. The Balaban J connectivity index is 0.000000164. The highest BCUT2D eigenvalue weighted by Gasteiger charge is 2.33. The number of aryl methyl sites for hydroxylation is 1. The standard InChI is InChI=1S/2C19H12F4N2O.C19H15FN2O/c20-17-11-24-9-8-16(17)18(26)25-15-6-4-12(5-7-15)13-2-1-3-14(10-13)19(21,22)23;20-17-11-24-10-9-15(17)18(26)25-13-7-5-12(6-8-13)14-3-1-2-4-16(14)19(21,22)23;1-13-4-2-3-5-16(13)14-6-8-15(9-7-14)22-19(23)17-10-11-21-12-18(17)20/h2*1-11H,(H,25,26);2-12H,1H3,(H,22,23). The number of carbonyl (C=O) groups excluding carboxylic acids is 3. The molecule has 6 aromatic carbocycles. The van der Waals surface area contributed by atoms with Gasteiger partial charge in [0.15, 0.2) is 17.5 Å². The maximum absolute atomic E-state index is 13.6. The molecule has 0 aliphatic carbocycles. The zero-order chi connectivity index (χ0) is 53.7. The fourth-order valence-corrected chi connectivity index (χ4v) is 7.24. The van der Waals surface area contributed by atoms with Crippen molar-refractivity contribution in [3.63, 3.8) is 0 Å². The van der Waals surface area contributed by atoms with Crippen molar-refractivity contribution in [3.8, 4) is 33.4 Å². The molecule has 3 heterocycles. The van der Waals surface area contributed by atoms with Crippen LogP contribution < -0.4 is 16.0 Å². The lowest BCUT2D eigenvalue weighted by molar-refractivity contribution is -0.138. The molecular weight excluding hydrogens is 988 g/mol. The maximum Gasteiger partial charge on any atom is 0.417 e. The third kappa shape index (κ3) is 14.2. The Labute approximate surface area is 422 Å². The van der Waals surface area contributed by atoms with Crippen molar-refractivity contribution in [1.82, 2.24) is 15.0 Å². The normalized spacial score (nSPS) is 11.0. The molecule has 0 unspecified atom stereocenters. The smallest absolute Gasteiger partial charge is 0.322 e. The van der Waals surface area contributed by atoms with Crippen LogP contribution in [0.3, 0.4) is 0 Å². The summed E-state index contributed by atoms with van der Waals surface area (Å²) in [5, 5.41) is 7.71. The number of halogens is 9. The van der Waals surface area contributed by atoms with Gasteiger partial charge in [0.25, 0.3) is 17.7 Å². The van der Waals surface area contributed by atoms with Gasteiger partial charge < -0.3 is 16.0 Å². The molecule has 0 atom stereocenters. The SMILES string of the molecule is Cc1ccccc1-c1ccc(NC(=O)c2ccncc2F)cc1.O=C(Nc1ccc(-c2cccc(C(F)(F)F)c2)cc1)c1ccncc1F.O=C(Nc1ccc(-c2ccccc2C(F)(F)F)cc1)c1ccncc1F. The number of benzene rings is 6. The van der Waals surface area contributed by atoms with Gasteiger partial charge in [0.2, 0.25) is 0 Å². The van der Waals surface area contributed by atoms with Crippen molar-refractivity contribution in [2.45, 2.75) is 19.3 Å². The van der Waals surface area contributed by atoms with Crippen molar-refractivity contribution < 1.29 is 53.9 Å². The van der Waals surface area contributed by atoms with Crippen molar-refractivity contribution in [2.24, 2.45) is 0 Å². The minimum absolute atomic E-state index is 0.0250. The number of nitrogens with one attached hydrogen (secondary N) is 3. The van der Waals surface area contributed by atoms with Gasteiger partial charge in [-0.15, -0.1) is 0 Å². The second kappa shape index (κ2) is 23.8. The summed E-state index contributed by atoms with van der Waals surface area (Å²) in [5.74, 6) is -3.95. The van der Waals surface area contributed by atoms with E-state index in [-0.39, 0.29) is 22.3 Å². The minimum Gasteiger partial charge on any atom is -0.322 e. The number of amides is 3. The fourth-order valence-electron chi connectivity index (χ4n) is 7.24. The largest absolute Gasteiger partial charge is 0.417 e. The van der Waals surface area contributed by atoms with Crippen LogP contribution in [-0.2, 0) is 12.4 Å². The van der Waals surface area contributed by atoms with Crippen LogP contribution in [0, 0.1) is 24.4 Å². The number of alkyl halides is 6. The van der Waals surface area contributed by atoms with Crippen LogP contribution in [0.15, 0.2) is 201 Å². The summed E-state index contributed by atoms with van der Waals surface area (Å²) in [6.45, 7) is 2.05. The van der Waals surface area contributed by atoms with E-state index < -0.39 is 58.7 Å². The monoisotopic (exact) mass is 1030 g/mol. The molecule has 9 nitrogen and oxygen atoms in total. The second-order valence-electron chi connectivity index (χ2n) is 16.1. The molecule has 0 saturated carbocycles. The van der Waals surface area contributed by atoms with Crippen LogP contribution >= 0.6 is 0 Å². The van der Waals surface area contributed by atoms with E-state index in [0.717, 1.165) is 47.9 Å². The predicted octanol–water partition coefficient (Wildman–Crippen LogP) is 14.8. The van der Waals surface area contributed by atoms with E-state index in [4.69, 9.17) is 0 Å². The Hall–Kier alpha value is -9.45. The molecule has 0 aliphatic heterocycles. The molecular formula is C57H39F9N6O3. The van der Waals surface area contributed by atoms with Crippen LogP contribution in [-0.4, -0.2) is 32.7 Å². The van der Waals surface area contributed by atoms with E-state index in [0.29, 0.717) is 33.8 Å². The average molecular weight is 1030 g/mol. The number of aromatic nitrogens is 3. The Morgan fingerprint density at radius 3 is 1.19 bits per heavy atom. The van der Waals surface area contributed by atoms with E-state index in [1.165, 1.54) is 103 Å². The first-order valence-electron chi connectivity index (χ1n) is 22.3. The fraction of sp³-hybridized carbons (Fsp3) is 0.0526. The molecule has 0 saturated heterocycles. The molecule has 0 aliphatic rings. The van der Waals surface area contributed by atoms with Crippen LogP contribution in [0.25, 0.3) is 33.4 Å². The molecule has 18 heteroatoms. The van der Waals surface area contributed by atoms with Crippen molar-refractivity contribution >= 4 is 34.8 Å². The van der Waals surface area contributed by atoms with Crippen LogP contribution in [0.4, 0.5) is 56.6 Å². The first-order valence-corrected chi connectivity index (χ1v) is 22.3. The Bertz CT molecular complexity index is 3440. The Morgan fingerprint density at radius 1 is 0.400 bits per heavy atom. The summed E-state index contributed by atoms with van der Waals surface area (Å²) < 4.78 is 118. The van der Waals surface area contributed by atoms with E-state index in [1.54, 1.807) is 30.3 Å². The summed E-state index contributed by atoms with van der Waals surface area (Å²) in [6.07, 6.45) is -2.03. The summed E-state index contributed by atoms with van der Waals surface area (Å²) in [4.78, 5) is 46.9. The van der Waals surface area contributed by atoms with Gasteiger partial charge in [-0.1, -0.05) is 91.0 Å². The number of carbonyl (C=O) groups is 3. The van der Waals surface area contributed by atoms with E-state index in [1.807, 2.05) is 24.3 Å². The molecule has 3 aromatic heterocycles. The van der Waals surface area contributed by atoms with Crippen molar-refractivity contribution in [2.75, 3.05) is 16.0 Å². The molecule has 9 rings (SSSR count). The van der Waals surface area contributed by atoms with Gasteiger partial charge in [0.1, 0.15) is 0 Å². The summed E-state index contributed by atoms with van der Waals surface area (Å²) in [6, 6.07) is 41.7. The number of hydrogen-bond acceptors (Lipinski definition) is 6. The summed E-state index contributed by atoms with van der Waals surface area (Å²) in [7, 11) is 0. The molecule has 9 aromatic rings. The van der Waals surface area contributed by atoms with Gasteiger partial charge in [-0.2, -0.15) is 26.3 Å². The predicted molar refractivity (Wildman–Crippen MR) is 267 cm³/mol. The van der Waals surface area contributed by atoms with E-state index >= 15 is 0 Å². The summed E-state index contributed by atoms with van der Waals surface area (Å²) in [5.41, 5.74) is 4.26. The quantitative estimate of drug-likeness (QED) is 0.124. The van der Waals surface area contributed by atoms with Crippen molar-refractivity contribution in [3.05, 3.63) is 252 Å².